The van der Waals surface area contributed by atoms with Crippen molar-refractivity contribution in [1.82, 2.24) is 4.98 Å². The maximum Gasteiger partial charge on any atom is 0.142 e. The number of hydrogen-bond donors (Lipinski definition) is 0. The van der Waals surface area contributed by atoms with Crippen LogP contribution in [-0.2, 0) is 0 Å². The van der Waals surface area contributed by atoms with Gasteiger partial charge in [-0.25, -0.2) is 4.98 Å². The van der Waals surface area contributed by atoms with E-state index in [1.807, 2.05) is 6.20 Å². The number of aromatic nitrogens is 1. The number of nitrogens with zero attached hydrogens (tertiary/aromatic N) is 2. The summed E-state index contributed by atoms with van der Waals surface area (Å²) in [6.45, 7) is 2.07. The molecule has 1 aliphatic carbocycles. The third-order valence-corrected chi connectivity index (χ3v) is 3.75. The fourth-order valence-corrected chi connectivity index (χ4v) is 2.99. The van der Waals surface area contributed by atoms with E-state index in [2.05, 4.69) is 45.9 Å². The molecule has 1 saturated carbocycles. The lowest BCUT2D eigenvalue weighted by molar-refractivity contribution is 0.645. The summed E-state index contributed by atoms with van der Waals surface area (Å²) in [5, 5.41) is 0. The van der Waals surface area contributed by atoms with Gasteiger partial charge in [-0.05, 0) is 47.3 Å². The van der Waals surface area contributed by atoms with Crippen molar-refractivity contribution in [2.45, 2.75) is 38.6 Å². The minimum Gasteiger partial charge on any atom is -0.356 e. The van der Waals surface area contributed by atoms with Gasteiger partial charge in [-0.3, -0.25) is 0 Å². The number of aryl methyl sites for hydroxylation is 1. The van der Waals surface area contributed by atoms with Crippen molar-refractivity contribution in [3.8, 4) is 0 Å². The van der Waals surface area contributed by atoms with E-state index >= 15 is 0 Å². The highest BCUT2D eigenvalue weighted by molar-refractivity contribution is 9.10. The zero-order valence-corrected chi connectivity index (χ0v) is 10.9. The number of hydrogen-bond acceptors (Lipinski definition) is 2. The normalized spacial score (nSPS) is 17.0. The van der Waals surface area contributed by atoms with Crippen molar-refractivity contribution in [3.05, 3.63) is 22.3 Å². The molecule has 82 valence electrons. The fraction of sp³-hybridized carbons (Fsp3) is 0.583. The van der Waals surface area contributed by atoms with Crippen LogP contribution in [0.4, 0.5) is 5.82 Å². The van der Waals surface area contributed by atoms with Gasteiger partial charge in [0.05, 0.1) is 4.47 Å². The van der Waals surface area contributed by atoms with Gasteiger partial charge in [0.2, 0.25) is 0 Å². The Hall–Kier alpha value is -0.570. The van der Waals surface area contributed by atoms with Crippen molar-refractivity contribution in [1.29, 1.82) is 0 Å². The third kappa shape index (κ3) is 2.33. The van der Waals surface area contributed by atoms with Gasteiger partial charge in [-0.15, -0.1) is 0 Å². The van der Waals surface area contributed by atoms with Gasteiger partial charge in [0, 0.05) is 19.3 Å². The molecule has 0 radical (unpaired) electrons. The number of anilines is 1. The van der Waals surface area contributed by atoms with Crippen molar-refractivity contribution >= 4 is 21.7 Å². The lowest BCUT2D eigenvalue weighted by atomic mass is 10.2. The van der Waals surface area contributed by atoms with Crippen LogP contribution in [-0.4, -0.2) is 18.1 Å². The van der Waals surface area contributed by atoms with Crippen LogP contribution in [0, 0.1) is 6.92 Å². The fourth-order valence-electron chi connectivity index (χ4n) is 2.25. The number of pyridine rings is 1. The van der Waals surface area contributed by atoms with Crippen molar-refractivity contribution in [3.63, 3.8) is 0 Å². The molecule has 0 amide bonds. The smallest absolute Gasteiger partial charge is 0.142 e. The molecule has 1 heterocycles. The van der Waals surface area contributed by atoms with Crippen LogP contribution >= 0.6 is 15.9 Å². The molecule has 15 heavy (non-hydrogen) atoms. The zero-order valence-electron chi connectivity index (χ0n) is 9.33. The molecule has 0 bridgehead atoms. The Kier molecular flexibility index (Phi) is 3.29. The zero-order chi connectivity index (χ0) is 10.8. The SMILES string of the molecule is Cc1cnc(N(C)C2CCCC2)c(Br)c1. The number of rotatable bonds is 2. The van der Waals surface area contributed by atoms with E-state index in [0.717, 1.165) is 10.3 Å². The molecule has 0 saturated heterocycles. The second-order valence-electron chi connectivity index (χ2n) is 4.37. The topological polar surface area (TPSA) is 16.1 Å². The highest BCUT2D eigenvalue weighted by Crippen LogP contribution is 2.30. The Labute approximate surface area is 99.8 Å². The summed E-state index contributed by atoms with van der Waals surface area (Å²) in [5.41, 5.74) is 1.20. The van der Waals surface area contributed by atoms with E-state index < -0.39 is 0 Å². The second-order valence-corrected chi connectivity index (χ2v) is 5.22. The molecule has 2 nitrogen and oxygen atoms in total. The summed E-state index contributed by atoms with van der Waals surface area (Å²) in [6.07, 6.45) is 7.26. The first-order valence-corrected chi connectivity index (χ1v) is 6.33. The highest BCUT2D eigenvalue weighted by atomic mass is 79.9. The monoisotopic (exact) mass is 268 g/mol. The molecule has 1 aliphatic rings. The van der Waals surface area contributed by atoms with E-state index in [1.54, 1.807) is 0 Å². The van der Waals surface area contributed by atoms with Crippen LogP contribution in [0.3, 0.4) is 0 Å². The summed E-state index contributed by atoms with van der Waals surface area (Å²) < 4.78 is 1.11. The van der Waals surface area contributed by atoms with Crippen LogP contribution in [0.25, 0.3) is 0 Å². The average molecular weight is 269 g/mol. The lowest BCUT2D eigenvalue weighted by Gasteiger charge is -2.26. The van der Waals surface area contributed by atoms with Gasteiger partial charge in [-0.1, -0.05) is 12.8 Å². The predicted octanol–water partition coefficient (Wildman–Crippen LogP) is 3.53. The van der Waals surface area contributed by atoms with Gasteiger partial charge >= 0.3 is 0 Å². The molecule has 0 unspecified atom stereocenters. The van der Waals surface area contributed by atoms with E-state index in [9.17, 15) is 0 Å². The molecule has 1 aromatic rings. The average Bonchev–Trinajstić information content (AvgIpc) is 2.69. The molecule has 1 aromatic heterocycles. The summed E-state index contributed by atoms with van der Waals surface area (Å²) >= 11 is 3.59. The standard InChI is InChI=1S/C12H17BrN2/c1-9-7-11(13)12(14-8-9)15(2)10-5-3-4-6-10/h7-8,10H,3-6H2,1-2H3. The van der Waals surface area contributed by atoms with Gasteiger partial charge in [0.15, 0.2) is 0 Å². The molecule has 0 spiro atoms. The molecule has 0 N–H and O–H groups in total. The van der Waals surface area contributed by atoms with Gasteiger partial charge in [0.25, 0.3) is 0 Å². The largest absolute Gasteiger partial charge is 0.356 e. The lowest BCUT2D eigenvalue weighted by Crippen LogP contribution is -2.29. The summed E-state index contributed by atoms with van der Waals surface area (Å²) in [5.74, 6) is 1.08. The van der Waals surface area contributed by atoms with Gasteiger partial charge < -0.3 is 4.90 Å². The summed E-state index contributed by atoms with van der Waals surface area (Å²) in [6, 6.07) is 2.81. The maximum atomic E-state index is 4.50. The predicted molar refractivity (Wildman–Crippen MR) is 67.3 cm³/mol. The third-order valence-electron chi connectivity index (χ3n) is 3.16. The van der Waals surface area contributed by atoms with Gasteiger partial charge in [0.1, 0.15) is 5.82 Å². The molecule has 1 fully saturated rings. The summed E-state index contributed by atoms with van der Waals surface area (Å²) in [4.78, 5) is 6.82. The highest BCUT2D eigenvalue weighted by Gasteiger charge is 2.21. The minimum absolute atomic E-state index is 0.677. The molecule has 2 rings (SSSR count). The van der Waals surface area contributed by atoms with Crippen LogP contribution in [0.1, 0.15) is 31.2 Å². The summed E-state index contributed by atoms with van der Waals surface area (Å²) in [7, 11) is 2.15. The Balaban J connectivity index is 2.20. The molecule has 0 atom stereocenters. The van der Waals surface area contributed by atoms with Crippen LogP contribution in [0.2, 0.25) is 0 Å². The minimum atomic E-state index is 0.677. The second kappa shape index (κ2) is 4.52. The molecule has 0 aromatic carbocycles. The Morgan fingerprint density at radius 1 is 1.40 bits per heavy atom. The van der Waals surface area contributed by atoms with Crippen LogP contribution < -0.4 is 4.90 Å². The Bertz CT molecular complexity index is 345. The van der Waals surface area contributed by atoms with E-state index in [0.29, 0.717) is 6.04 Å². The first-order chi connectivity index (χ1) is 7.18. The maximum absolute atomic E-state index is 4.50. The Morgan fingerprint density at radius 3 is 2.67 bits per heavy atom. The van der Waals surface area contributed by atoms with E-state index in [-0.39, 0.29) is 0 Å². The van der Waals surface area contributed by atoms with Crippen LogP contribution in [0.15, 0.2) is 16.7 Å². The molecule has 0 aliphatic heterocycles. The first kappa shape index (κ1) is 10.9. The molecular formula is C12H17BrN2. The van der Waals surface area contributed by atoms with Crippen molar-refractivity contribution < 1.29 is 0 Å². The van der Waals surface area contributed by atoms with Crippen molar-refractivity contribution in [2.75, 3.05) is 11.9 Å². The number of halogens is 1. The Morgan fingerprint density at radius 2 is 2.07 bits per heavy atom. The van der Waals surface area contributed by atoms with Gasteiger partial charge in [-0.2, -0.15) is 0 Å². The first-order valence-electron chi connectivity index (χ1n) is 5.53. The molecule has 3 heteroatoms. The van der Waals surface area contributed by atoms with E-state index in [4.69, 9.17) is 0 Å². The van der Waals surface area contributed by atoms with Crippen LogP contribution in [0.5, 0.6) is 0 Å². The van der Waals surface area contributed by atoms with E-state index in [1.165, 1.54) is 31.2 Å². The molecular weight excluding hydrogens is 252 g/mol. The van der Waals surface area contributed by atoms with Crippen molar-refractivity contribution in [2.24, 2.45) is 0 Å². The quantitative estimate of drug-likeness (QED) is 0.816.